The number of nitrogens with zero attached hydrogens (tertiary/aromatic N) is 1. The summed E-state index contributed by atoms with van der Waals surface area (Å²) in [7, 11) is -3.13. The van der Waals surface area contributed by atoms with Crippen LogP contribution in [0.3, 0.4) is 0 Å². The van der Waals surface area contributed by atoms with Gasteiger partial charge in [0.05, 0.1) is 19.0 Å². The van der Waals surface area contributed by atoms with Gasteiger partial charge in [0.2, 0.25) is 5.91 Å². The van der Waals surface area contributed by atoms with E-state index < -0.39 is 9.84 Å². The molecule has 1 N–H and O–H groups in total. The zero-order valence-corrected chi connectivity index (χ0v) is 16.3. The normalized spacial score (nSPS) is 22.5. The molecule has 1 atom stereocenters. The van der Waals surface area contributed by atoms with Crippen molar-refractivity contribution in [2.75, 3.05) is 31.3 Å². The lowest BCUT2D eigenvalue weighted by Gasteiger charge is -2.38. The molecule has 1 aliphatic heterocycles. The minimum absolute atomic E-state index is 0.0245. The van der Waals surface area contributed by atoms with Gasteiger partial charge in [-0.05, 0) is 37.0 Å². The fourth-order valence-corrected chi connectivity index (χ4v) is 4.87. The molecule has 1 aliphatic carbocycles. The van der Waals surface area contributed by atoms with Gasteiger partial charge in [-0.15, -0.1) is 0 Å². The monoisotopic (exact) mass is 380 g/mol. The van der Waals surface area contributed by atoms with Gasteiger partial charge in [-0.1, -0.05) is 25.0 Å². The first kappa shape index (κ1) is 19.3. The SMILES string of the molecule is Cc1c(CS(C)(=O)=O)cccc1NC(=O)C1COCCN1C1CCCC1. The van der Waals surface area contributed by atoms with Crippen LogP contribution in [0.5, 0.6) is 0 Å². The van der Waals surface area contributed by atoms with Gasteiger partial charge in [-0.25, -0.2) is 8.42 Å². The smallest absolute Gasteiger partial charge is 0.244 e. The van der Waals surface area contributed by atoms with Gasteiger partial charge < -0.3 is 10.1 Å². The molecule has 1 aromatic carbocycles. The average Bonchev–Trinajstić information content (AvgIpc) is 3.11. The molecule has 7 heteroatoms. The van der Waals surface area contributed by atoms with Gasteiger partial charge in [0.1, 0.15) is 6.04 Å². The third-order valence-corrected chi connectivity index (χ3v) is 6.22. The Morgan fingerprint density at radius 3 is 2.73 bits per heavy atom. The lowest BCUT2D eigenvalue weighted by atomic mass is 10.1. The maximum atomic E-state index is 12.9. The predicted molar refractivity (Wildman–Crippen MR) is 102 cm³/mol. The van der Waals surface area contributed by atoms with Crippen molar-refractivity contribution in [1.29, 1.82) is 0 Å². The molecular formula is C19H28N2O4S. The number of ether oxygens (including phenoxy) is 1. The zero-order chi connectivity index (χ0) is 18.7. The molecule has 1 unspecified atom stereocenters. The van der Waals surface area contributed by atoms with Crippen LogP contribution >= 0.6 is 0 Å². The summed E-state index contributed by atoms with van der Waals surface area (Å²) < 4.78 is 28.8. The maximum absolute atomic E-state index is 12.9. The first-order chi connectivity index (χ1) is 12.3. The van der Waals surface area contributed by atoms with E-state index in [0.29, 0.717) is 24.9 Å². The molecule has 0 aromatic heterocycles. The summed E-state index contributed by atoms with van der Waals surface area (Å²) in [5, 5.41) is 3.00. The quantitative estimate of drug-likeness (QED) is 0.847. The van der Waals surface area contributed by atoms with E-state index in [4.69, 9.17) is 4.74 Å². The number of morpholine rings is 1. The van der Waals surface area contributed by atoms with E-state index in [1.807, 2.05) is 13.0 Å². The number of anilines is 1. The Hall–Kier alpha value is -1.44. The number of carbonyl (C=O) groups is 1. The Bertz CT molecular complexity index is 757. The highest BCUT2D eigenvalue weighted by molar-refractivity contribution is 7.89. The molecule has 1 heterocycles. The second-order valence-corrected chi connectivity index (χ2v) is 9.56. The Labute approximate surface area is 155 Å². The number of benzene rings is 1. The van der Waals surface area contributed by atoms with Crippen molar-refractivity contribution in [2.45, 2.75) is 50.4 Å². The van der Waals surface area contributed by atoms with E-state index in [9.17, 15) is 13.2 Å². The number of hydrogen-bond acceptors (Lipinski definition) is 5. The van der Waals surface area contributed by atoms with Crippen molar-refractivity contribution in [3.05, 3.63) is 29.3 Å². The summed E-state index contributed by atoms with van der Waals surface area (Å²) in [6, 6.07) is 5.58. The molecule has 0 bridgehead atoms. The second kappa shape index (κ2) is 8.06. The fourth-order valence-electron chi connectivity index (χ4n) is 3.99. The molecule has 6 nitrogen and oxygen atoms in total. The summed E-state index contributed by atoms with van der Waals surface area (Å²) in [5.41, 5.74) is 2.20. The van der Waals surface area contributed by atoms with Gasteiger partial charge in [0.25, 0.3) is 0 Å². The van der Waals surface area contributed by atoms with Gasteiger partial charge in [0, 0.05) is 24.5 Å². The van der Waals surface area contributed by atoms with Crippen LogP contribution in [0, 0.1) is 6.92 Å². The van der Waals surface area contributed by atoms with Crippen LogP contribution in [0.15, 0.2) is 18.2 Å². The number of carbonyl (C=O) groups excluding carboxylic acids is 1. The predicted octanol–water partition coefficient (Wildman–Crippen LogP) is 2.12. The van der Waals surface area contributed by atoms with E-state index >= 15 is 0 Å². The molecule has 1 amide bonds. The second-order valence-electron chi connectivity index (χ2n) is 7.42. The highest BCUT2D eigenvalue weighted by atomic mass is 32.2. The van der Waals surface area contributed by atoms with E-state index in [1.165, 1.54) is 19.1 Å². The van der Waals surface area contributed by atoms with Crippen LogP contribution in [-0.2, 0) is 25.1 Å². The van der Waals surface area contributed by atoms with Crippen molar-refractivity contribution < 1.29 is 17.9 Å². The molecule has 2 fully saturated rings. The summed E-state index contributed by atoms with van der Waals surface area (Å²) in [4.78, 5) is 15.2. The van der Waals surface area contributed by atoms with Crippen LogP contribution in [0.25, 0.3) is 0 Å². The first-order valence-corrected chi connectivity index (χ1v) is 11.3. The Kier molecular flexibility index (Phi) is 5.99. The van der Waals surface area contributed by atoms with Gasteiger partial charge >= 0.3 is 0 Å². The van der Waals surface area contributed by atoms with Crippen molar-refractivity contribution in [2.24, 2.45) is 0 Å². The maximum Gasteiger partial charge on any atom is 0.244 e. The fraction of sp³-hybridized carbons (Fsp3) is 0.632. The molecular weight excluding hydrogens is 352 g/mol. The van der Waals surface area contributed by atoms with Gasteiger partial charge in [-0.2, -0.15) is 0 Å². The minimum atomic E-state index is -3.13. The van der Waals surface area contributed by atoms with E-state index in [-0.39, 0.29) is 17.7 Å². The van der Waals surface area contributed by atoms with Gasteiger partial charge in [-0.3, -0.25) is 9.69 Å². The summed E-state index contributed by atoms with van der Waals surface area (Å²) in [5.74, 6) is -0.0975. The standard InChI is InChI=1S/C19H28N2O4S/c1-14-15(13-26(2,23)24)6-5-9-17(14)20-19(22)18-12-25-11-10-21(18)16-7-3-4-8-16/h5-6,9,16,18H,3-4,7-8,10-13H2,1-2H3,(H,20,22). The molecule has 1 aromatic rings. The summed E-state index contributed by atoms with van der Waals surface area (Å²) >= 11 is 0. The number of rotatable bonds is 5. The van der Waals surface area contributed by atoms with Crippen molar-refractivity contribution in [3.63, 3.8) is 0 Å². The highest BCUT2D eigenvalue weighted by Crippen LogP contribution is 2.27. The molecule has 0 spiro atoms. The Morgan fingerprint density at radius 2 is 2.04 bits per heavy atom. The number of nitrogens with one attached hydrogen (secondary N) is 1. The third kappa shape index (κ3) is 4.64. The third-order valence-electron chi connectivity index (χ3n) is 5.39. The molecule has 1 saturated heterocycles. The molecule has 2 aliphatic rings. The van der Waals surface area contributed by atoms with E-state index in [2.05, 4.69) is 10.2 Å². The van der Waals surface area contributed by atoms with Crippen LogP contribution in [0.4, 0.5) is 5.69 Å². The Balaban J connectivity index is 1.75. The van der Waals surface area contributed by atoms with Crippen molar-refractivity contribution in [1.82, 2.24) is 4.90 Å². The van der Waals surface area contributed by atoms with Gasteiger partial charge in [0.15, 0.2) is 9.84 Å². The van der Waals surface area contributed by atoms with E-state index in [1.54, 1.807) is 12.1 Å². The number of amides is 1. The molecule has 1 saturated carbocycles. The summed E-state index contributed by atoms with van der Waals surface area (Å²) in [6.07, 6.45) is 5.96. The molecule has 0 radical (unpaired) electrons. The molecule has 144 valence electrons. The summed E-state index contributed by atoms with van der Waals surface area (Å²) in [6.45, 7) is 3.71. The zero-order valence-electron chi connectivity index (χ0n) is 15.5. The van der Waals surface area contributed by atoms with Crippen molar-refractivity contribution >= 4 is 21.4 Å². The van der Waals surface area contributed by atoms with Crippen molar-refractivity contribution in [3.8, 4) is 0 Å². The lowest BCUT2D eigenvalue weighted by Crippen LogP contribution is -2.55. The topological polar surface area (TPSA) is 75.7 Å². The largest absolute Gasteiger partial charge is 0.378 e. The first-order valence-electron chi connectivity index (χ1n) is 9.26. The van der Waals surface area contributed by atoms with E-state index in [0.717, 1.165) is 30.5 Å². The Morgan fingerprint density at radius 1 is 1.31 bits per heavy atom. The number of hydrogen-bond donors (Lipinski definition) is 1. The van der Waals surface area contributed by atoms with Crippen LogP contribution in [0.2, 0.25) is 0 Å². The van der Waals surface area contributed by atoms with Crippen LogP contribution in [0.1, 0.15) is 36.8 Å². The van der Waals surface area contributed by atoms with Crippen LogP contribution < -0.4 is 5.32 Å². The lowest BCUT2D eigenvalue weighted by molar-refractivity contribution is -0.129. The number of sulfone groups is 1. The highest BCUT2D eigenvalue weighted by Gasteiger charge is 2.35. The average molecular weight is 381 g/mol. The minimum Gasteiger partial charge on any atom is -0.378 e. The molecule has 3 rings (SSSR count). The van der Waals surface area contributed by atoms with Crippen LogP contribution in [-0.4, -0.2) is 57.3 Å². The molecule has 26 heavy (non-hydrogen) atoms.